The monoisotopic (exact) mass is 207 g/mol. The molecule has 0 heterocycles. The fourth-order valence-electron chi connectivity index (χ4n) is 0.916. The van der Waals surface area contributed by atoms with E-state index >= 15 is 0 Å². The van der Waals surface area contributed by atoms with Crippen LogP contribution in [0.2, 0.25) is 0 Å². The van der Waals surface area contributed by atoms with Gasteiger partial charge in [0.15, 0.2) is 0 Å². The zero-order valence-corrected chi connectivity index (χ0v) is 7.01. The lowest BCUT2D eigenvalue weighted by atomic mass is 10.2. The predicted octanol–water partition coefficient (Wildman–Crippen LogP) is 1.66. The van der Waals surface area contributed by atoms with E-state index in [1.165, 1.54) is 6.07 Å². The van der Waals surface area contributed by atoms with Gasteiger partial charge in [0.25, 0.3) is 0 Å². The molecule has 0 radical (unpaired) electrons. The summed E-state index contributed by atoms with van der Waals surface area (Å²) in [4.78, 5) is 0. The van der Waals surface area contributed by atoms with Gasteiger partial charge in [-0.05, 0) is 18.2 Å². The minimum Gasteiger partial charge on any atom is -0.406 e. The van der Waals surface area contributed by atoms with E-state index in [0.29, 0.717) is 0 Å². The van der Waals surface area contributed by atoms with Crippen molar-refractivity contribution in [3.8, 4) is 5.75 Å². The molecular weight excluding hydrogens is 199 g/mol. The highest BCUT2D eigenvalue weighted by atomic mass is 19.4. The van der Waals surface area contributed by atoms with Crippen LogP contribution in [0, 0.1) is 0 Å². The first kappa shape index (κ1) is 10.6. The lowest BCUT2D eigenvalue weighted by Gasteiger charge is -2.10. The Morgan fingerprint density at radius 3 is 2.50 bits per heavy atom. The number of hydrogen-bond donors (Lipinski definition) is 2. The third-order valence-electron chi connectivity index (χ3n) is 1.52. The number of halogens is 3. The molecule has 1 rings (SSSR count). The molecule has 0 aliphatic rings. The van der Waals surface area contributed by atoms with Gasteiger partial charge in [0, 0.05) is 11.3 Å². The maximum atomic E-state index is 11.8. The molecule has 0 unspecified atom stereocenters. The van der Waals surface area contributed by atoms with Crippen LogP contribution < -0.4 is 10.5 Å². The highest BCUT2D eigenvalue weighted by Gasteiger charge is 2.31. The standard InChI is InChI=1S/C8H8F3NO2/c9-8(10,11)14-6-1-2-7(12)5(3-6)4-13/h1-3,13H,4,12H2. The molecule has 0 aliphatic carbocycles. The van der Waals surface area contributed by atoms with Crippen LogP contribution in [0.15, 0.2) is 18.2 Å². The molecule has 0 fully saturated rings. The number of nitrogens with two attached hydrogens (primary N) is 1. The van der Waals surface area contributed by atoms with Gasteiger partial charge < -0.3 is 15.6 Å². The number of alkyl halides is 3. The lowest BCUT2D eigenvalue weighted by molar-refractivity contribution is -0.274. The van der Waals surface area contributed by atoms with Crippen LogP contribution in [0.5, 0.6) is 5.75 Å². The lowest BCUT2D eigenvalue weighted by Crippen LogP contribution is -2.17. The zero-order chi connectivity index (χ0) is 10.8. The summed E-state index contributed by atoms with van der Waals surface area (Å²) in [5.74, 6) is -0.393. The topological polar surface area (TPSA) is 55.5 Å². The fourth-order valence-corrected chi connectivity index (χ4v) is 0.916. The molecule has 3 N–H and O–H groups in total. The molecule has 0 saturated carbocycles. The van der Waals surface area contributed by atoms with Crippen molar-refractivity contribution in [3.63, 3.8) is 0 Å². The second-order valence-electron chi connectivity index (χ2n) is 2.57. The van der Waals surface area contributed by atoms with Crippen molar-refractivity contribution in [2.75, 3.05) is 5.73 Å². The third-order valence-corrected chi connectivity index (χ3v) is 1.52. The molecule has 1 aromatic carbocycles. The van der Waals surface area contributed by atoms with E-state index in [2.05, 4.69) is 4.74 Å². The molecule has 1 aromatic rings. The summed E-state index contributed by atoms with van der Waals surface area (Å²) >= 11 is 0. The van der Waals surface area contributed by atoms with E-state index in [1.54, 1.807) is 0 Å². The molecular formula is C8H8F3NO2. The van der Waals surface area contributed by atoms with Crippen molar-refractivity contribution in [2.45, 2.75) is 13.0 Å². The van der Waals surface area contributed by atoms with Crippen molar-refractivity contribution < 1.29 is 23.0 Å². The van der Waals surface area contributed by atoms with Gasteiger partial charge in [-0.2, -0.15) is 0 Å². The van der Waals surface area contributed by atoms with E-state index in [9.17, 15) is 13.2 Å². The third kappa shape index (κ3) is 2.81. The van der Waals surface area contributed by atoms with E-state index in [-0.39, 0.29) is 11.3 Å². The van der Waals surface area contributed by atoms with Crippen molar-refractivity contribution in [2.24, 2.45) is 0 Å². The Kier molecular flexibility index (Phi) is 2.85. The Morgan fingerprint density at radius 2 is 2.00 bits per heavy atom. The Hall–Kier alpha value is -1.43. The Labute approximate surface area is 77.9 Å². The molecule has 78 valence electrons. The van der Waals surface area contributed by atoms with Crippen LogP contribution in [-0.2, 0) is 6.61 Å². The molecule has 3 nitrogen and oxygen atoms in total. The Balaban J connectivity index is 2.90. The number of hydrogen-bond acceptors (Lipinski definition) is 3. The zero-order valence-electron chi connectivity index (χ0n) is 7.01. The molecule has 0 atom stereocenters. The number of nitrogen functional groups attached to an aromatic ring is 1. The Morgan fingerprint density at radius 1 is 1.36 bits per heavy atom. The number of aliphatic hydroxyl groups excluding tert-OH is 1. The number of aliphatic hydroxyl groups is 1. The van der Waals surface area contributed by atoms with E-state index in [1.807, 2.05) is 0 Å². The molecule has 0 saturated heterocycles. The number of benzene rings is 1. The second-order valence-corrected chi connectivity index (χ2v) is 2.57. The smallest absolute Gasteiger partial charge is 0.406 e. The van der Waals surface area contributed by atoms with Gasteiger partial charge in [0.1, 0.15) is 5.75 Å². The minimum atomic E-state index is -4.73. The van der Waals surface area contributed by atoms with Gasteiger partial charge in [-0.15, -0.1) is 13.2 Å². The first-order valence-corrected chi connectivity index (χ1v) is 3.67. The number of ether oxygens (including phenoxy) is 1. The maximum Gasteiger partial charge on any atom is 0.573 e. The summed E-state index contributed by atoms with van der Waals surface area (Å²) in [5, 5.41) is 8.72. The summed E-state index contributed by atoms with van der Waals surface area (Å²) in [6.07, 6.45) is -4.73. The maximum absolute atomic E-state index is 11.8. The van der Waals surface area contributed by atoms with Gasteiger partial charge in [-0.25, -0.2) is 0 Å². The SMILES string of the molecule is Nc1ccc(OC(F)(F)F)cc1CO. The first-order valence-electron chi connectivity index (χ1n) is 3.67. The van der Waals surface area contributed by atoms with Crippen molar-refractivity contribution in [3.05, 3.63) is 23.8 Å². The highest BCUT2D eigenvalue weighted by Crippen LogP contribution is 2.25. The molecule has 14 heavy (non-hydrogen) atoms. The molecule has 0 amide bonds. The normalized spacial score (nSPS) is 11.4. The van der Waals surface area contributed by atoms with Crippen molar-refractivity contribution in [1.82, 2.24) is 0 Å². The van der Waals surface area contributed by atoms with Gasteiger partial charge >= 0.3 is 6.36 Å². The van der Waals surface area contributed by atoms with E-state index in [0.717, 1.165) is 12.1 Å². The van der Waals surface area contributed by atoms with Gasteiger partial charge in [-0.3, -0.25) is 0 Å². The van der Waals surface area contributed by atoms with Crippen LogP contribution in [0.3, 0.4) is 0 Å². The summed E-state index contributed by atoms with van der Waals surface area (Å²) in [5.41, 5.74) is 5.79. The van der Waals surface area contributed by atoms with Gasteiger partial charge in [-0.1, -0.05) is 0 Å². The quantitative estimate of drug-likeness (QED) is 0.725. The second kappa shape index (κ2) is 3.75. The Bertz CT molecular complexity index is 325. The summed E-state index contributed by atoms with van der Waals surface area (Å²) in [6.45, 7) is -0.430. The summed E-state index contributed by atoms with van der Waals surface area (Å²) in [7, 11) is 0. The molecule has 0 bridgehead atoms. The number of rotatable bonds is 2. The van der Waals surface area contributed by atoms with Crippen LogP contribution in [-0.4, -0.2) is 11.5 Å². The average molecular weight is 207 g/mol. The first-order chi connectivity index (χ1) is 6.42. The molecule has 0 aromatic heterocycles. The fraction of sp³-hybridized carbons (Fsp3) is 0.250. The van der Waals surface area contributed by atoms with Crippen LogP contribution in [0.25, 0.3) is 0 Å². The molecule has 0 spiro atoms. The van der Waals surface area contributed by atoms with Crippen LogP contribution in [0.4, 0.5) is 18.9 Å². The van der Waals surface area contributed by atoms with Gasteiger partial charge in [0.05, 0.1) is 6.61 Å². The predicted molar refractivity (Wildman–Crippen MR) is 43.5 cm³/mol. The van der Waals surface area contributed by atoms with Crippen LogP contribution in [0.1, 0.15) is 5.56 Å². The van der Waals surface area contributed by atoms with Crippen molar-refractivity contribution in [1.29, 1.82) is 0 Å². The largest absolute Gasteiger partial charge is 0.573 e. The summed E-state index contributed by atoms with van der Waals surface area (Å²) in [6, 6.07) is 3.37. The average Bonchev–Trinajstić information content (AvgIpc) is 2.06. The minimum absolute atomic E-state index is 0.201. The van der Waals surface area contributed by atoms with Gasteiger partial charge in [0.2, 0.25) is 0 Å². The van der Waals surface area contributed by atoms with Crippen molar-refractivity contribution >= 4 is 5.69 Å². The highest BCUT2D eigenvalue weighted by molar-refractivity contribution is 5.50. The summed E-state index contributed by atoms with van der Waals surface area (Å²) < 4.78 is 38.9. The van der Waals surface area contributed by atoms with E-state index < -0.39 is 18.7 Å². The number of anilines is 1. The molecule has 0 aliphatic heterocycles. The van der Waals surface area contributed by atoms with Crippen LogP contribution >= 0.6 is 0 Å². The molecule has 6 heteroatoms. The van der Waals surface area contributed by atoms with E-state index in [4.69, 9.17) is 10.8 Å².